The molecule has 1 heterocycles. The van der Waals surface area contributed by atoms with Crippen LogP contribution in [0.25, 0.3) is 0 Å². The molecule has 0 aliphatic carbocycles. The highest BCUT2D eigenvalue weighted by molar-refractivity contribution is 9.10. The molecule has 0 aliphatic rings. The Hall–Kier alpha value is -0.710. The van der Waals surface area contributed by atoms with E-state index in [2.05, 4.69) is 80.3 Å². The van der Waals surface area contributed by atoms with Crippen LogP contribution in [-0.4, -0.2) is 11.5 Å². The van der Waals surface area contributed by atoms with Gasteiger partial charge in [-0.2, -0.15) is 0 Å². The van der Waals surface area contributed by atoms with Gasteiger partial charge < -0.3 is 5.32 Å². The van der Waals surface area contributed by atoms with Crippen molar-refractivity contribution in [1.82, 2.24) is 10.3 Å². The first-order valence-corrected chi connectivity index (χ1v) is 8.78. The van der Waals surface area contributed by atoms with Crippen molar-refractivity contribution in [2.45, 2.75) is 32.7 Å². The van der Waals surface area contributed by atoms with Gasteiger partial charge in [0.1, 0.15) is 0 Å². The van der Waals surface area contributed by atoms with Gasteiger partial charge in [-0.05, 0) is 59.6 Å². The van der Waals surface area contributed by atoms with Crippen molar-refractivity contribution in [3.63, 3.8) is 0 Å². The number of nitrogens with one attached hydrogen (secondary N) is 1. The predicted octanol–water partition coefficient (Wildman–Crippen LogP) is 5.20. The smallest absolute Gasteiger partial charge is 0.0423 e. The van der Waals surface area contributed by atoms with Gasteiger partial charge in [-0.1, -0.05) is 40.5 Å². The minimum atomic E-state index is 0.271. The van der Waals surface area contributed by atoms with Gasteiger partial charge in [0.15, 0.2) is 0 Å². The number of aryl methyl sites for hydroxylation is 1. The fourth-order valence-corrected chi connectivity index (χ4v) is 3.03. The third-order valence-corrected chi connectivity index (χ3v) is 4.56. The van der Waals surface area contributed by atoms with Gasteiger partial charge in [-0.25, -0.2) is 0 Å². The fraction of sp³-hybridized carbons (Fsp3) is 0.353. The molecule has 0 spiro atoms. The van der Waals surface area contributed by atoms with Gasteiger partial charge >= 0.3 is 0 Å². The van der Waals surface area contributed by atoms with Crippen LogP contribution in [0.4, 0.5) is 0 Å². The second-order valence-electron chi connectivity index (χ2n) is 5.20. The highest BCUT2D eigenvalue weighted by Crippen LogP contribution is 2.27. The van der Waals surface area contributed by atoms with E-state index in [1.165, 1.54) is 11.1 Å². The largest absolute Gasteiger partial charge is 0.310 e. The van der Waals surface area contributed by atoms with E-state index in [1.807, 2.05) is 12.3 Å². The van der Waals surface area contributed by atoms with Crippen LogP contribution in [0.1, 0.15) is 36.2 Å². The zero-order valence-corrected chi connectivity index (χ0v) is 15.5. The van der Waals surface area contributed by atoms with Crippen molar-refractivity contribution >= 4 is 31.9 Å². The highest BCUT2D eigenvalue weighted by Gasteiger charge is 2.15. The number of benzene rings is 1. The first-order valence-electron chi connectivity index (χ1n) is 7.20. The molecule has 1 N–H and O–H groups in total. The number of nitrogens with zero attached hydrogens (tertiary/aromatic N) is 1. The Kier molecular flexibility index (Phi) is 6.40. The van der Waals surface area contributed by atoms with E-state index in [0.717, 1.165) is 34.0 Å². The van der Waals surface area contributed by atoms with Crippen LogP contribution < -0.4 is 5.32 Å². The molecule has 2 aromatic rings. The molecule has 0 saturated heterocycles. The van der Waals surface area contributed by atoms with E-state index in [-0.39, 0.29) is 6.04 Å². The molecule has 0 fully saturated rings. The molecule has 0 amide bonds. The maximum atomic E-state index is 4.50. The van der Waals surface area contributed by atoms with Gasteiger partial charge in [0, 0.05) is 33.3 Å². The summed E-state index contributed by atoms with van der Waals surface area (Å²) in [5, 5.41) is 3.64. The van der Waals surface area contributed by atoms with Crippen molar-refractivity contribution in [3.05, 3.63) is 62.3 Å². The van der Waals surface area contributed by atoms with Crippen LogP contribution in [-0.2, 0) is 6.42 Å². The summed E-state index contributed by atoms with van der Waals surface area (Å²) in [5.41, 5.74) is 3.67. The quantitative estimate of drug-likeness (QED) is 0.706. The minimum Gasteiger partial charge on any atom is -0.310 e. The van der Waals surface area contributed by atoms with Crippen molar-refractivity contribution in [3.8, 4) is 0 Å². The third kappa shape index (κ3) is 4.90. The van der Waals surface area contributed by atoms with Crippen LogP contribution in [0.15, 0.2) is 45.5 Å². The Bertz CT molecular complexity index is 582. The molecule has 2 rings (SSSR count). The summed E-state index contributed by atoms with van der Waals surface area (Å²) in [6, 6.07) is 10.9. The number of pyridine rings is 1. The SMILES string of the molecule is CCCNC(Cc1ccc(Br)cn1)c1cc(C)ccc1Br. The Labute approximate surface area is 143 Å². The van der Waals surface area contributed by atoms with Gasteiger partial charge in [-0.15, -0.1) is 0 Å². The summed E-state index contributed by atoms with van der Waals surface area (Å²) >= 11 is 7.11. The van der Waals surface area contributed by atoms with E-state index in [9.17, 15) is 0 Å². The molecule has 0 bridgehead atoms. The summed E-state index contributed by atoms with van der Waals surface area (Å²) in [5.74, 6) is 0. The first kappa shape index (κ1) is 16.7. The van der Waals surface area contributed by atoms with E-state index >= 15 is 0 Å². The maximum Gasteiger partial charge on any atom is 0.0423 e. The third-order valence-electron chi connectivity index (χ3n) is 3.37. The predicted molar refractivity (Wildman–Crippen MR) is 95.6 cm³/mol. The molecule has 0 aliphatic heterocycles. The van der Waals surface area contributed by atoms with Crippen molar-refractivity contribution < 1.29 is 0 Å². The zero-order valence-electron chi connectivity index (χ0n) is 12.4. The lowest BCUT2D eigenvalue weighted by atomic mass is 9.99. The molecule has 0 radical (unpaired) electrons. The second-order valence-corrected chi connectivity index (χ2v) is 6.97. The molecule has 1 aromatic carbocycles. The molecule has 112 valence electrons. The van der Waals surface area contributed by atoms with Crippen LogP contribution in [0.3, 0.4) is 0 Å². The van der Waals surface area contributed by atoms with Gasteiger partial charge in [0.2, 0.25) is 0 Å². The molecule has 2 nitrogen and oxygen atoms in total. The van der Waals surface area contributed by atoms with Crippen molar-refractivity contribution in [2.75, 3.05) is 6.54 Å². The number of hydrogen-bond acceptors (Lipinski definition) is 2. The average molecular weight is 412 g/mol. The minimum absolute atomic E-state index is 0.271. The summed E-state index contributed by atoms with van der Waals surface area (Å²) < 4.78 is 2.17. The Morgan fingerprint density at radius 3 is 2.67 bits per heavy atom. The van der Waals surface area contributed by atoms with Crippen LogP contribution >= 0.6 is 31.9 Å². The molecule has 0 saturated carbocycles. The summed E-state index contributed by atoms with van der Waals surface area (Å²) in [4.78, 5) is 4.50. The zero-order chi connectivity index (χ0) is 15.2. The number of hydrogen-bond donors (Lipinski definition) is 1. The second kappa shape index (κ2) is 8.06. The average Bonchev–Trinajstić information content (AvgIpc) is 2.48. The topological polar surface area (TPSA) is 24.9 Å². The lowest BCUT2D eigenvalue weighted by Gasteiger charge is -2.20. The molecular formula is C17H20Br2N2. The summed E-state index contributed by atoms with van der Waals surface area (Å²) in [7, 11) is 0. The Morgan fingerprint density at radius 1 is 1.19 bits per heavy atom. The Balaban J connectivity index is 2.25. The highest BCUT2D eigenvalue weighted by atomic mass is 79.9. The maximum absolute atomic E-state index is 4.50. The van der Waals surface area contributed by atoms with Crippen molar-refractivity contribution in [2.24, 2.45) is 0 Å². The van der Waals surface area contributed by atoms with E-state index in [4.69, 9.17) is 0 Å². The normalized spacial score (nSPS) is 12.4. The van der Waals surface area contributed by atoms with Crippen LogP contribution in [0, 0.1) is 6.92 Å². The summed E-state index contributed by atoms with van der Waals surface area (Å²) in [6.07, 6.45) is 3.86. The van der Waals surface area contributed by atoms with Crippen LogP contribution in [0.5, 0.6) is 0 Å². The first-order chi connectivity index (χ1) is 10.1. The number of halogens is 2. The molecule has 1 aromatic heterocycles. The summed E-state index contributed by atoms with van der Waals surface area (Å²) in [6.45, 7) is 5.32. The van der Waals surface area contributed by atoms with Gasteiger partial charge in [0.05, 0.1) is 0 Å². The van der Waals surface area contributed by atoms with E-state index < -0.39 is 0 Å². The molecule has 1 atom stereocenters. The standard InChI is InChI=1S/C17H20Br2N2/c1-3-8-20-17(10-14-6-5-13(18)11-21-14)15-9-12(2)4-7-16(15)19/h4-7,9,11,17,20H,3,8,10H2,1-2H3. The number of aromatic nitrogens is 1. The van der Waals surface area contributed by atoms with E-state index in [1.54, 1.807) is 0 Å². The van der Waals surface area contributed by atoms with Crippen molar-refractivity contribution in [1.29, 1.82) is 0 Å². The van der Waals surface area contributed by atoms with E-state index in [0.29, 0.717) is 0 Å². The Morgan fingerprint density at radius 2 is 2.00 bits per heavy atom. The molecule has 1 unspecified atom stereocenters. The molecular weight excluding hydrogens is 392 g/mol. The van der Waals surface area contributed by atoms with Crippen LogP contribution in [0.2, 0.25) is 0 Å². The number of rotatable bonds is 6. The lowest BCUT2D eigenvalue weighted by Crippen LogP contribution is -2.25. The lowest BCUT2D eigenvalue weighted by molar-refractivity contribution is 0.522. The molecule has 21 heavy (non-hydrogen) atoms. The van der Waals surface area contributed by atoms with Gasteiger partial charge in [0.25, 0.3) is 0 Å². The fourth-order valence-electron chi connectivity index (χ4n) is 2.28. The van der Waals surface area contributed by atoms with Gasteiger partial charge in [-0.3, -0.25) is 4.98 Å². The monoisotopic (exact) mass is 410 g/mol. The molecule has 4 heteroatoms.